The second-order valence-electron chi connectivity index (χ2n) is 4.67. The molecule has 1 aromatic rings. The van der Waals surface area contributed by atoms with Crippen LogP contribution in [0.2, 0.25) is 0 Å². The van der Waals surface area contributed by atoms with Gasteiger partial charge in [-0.25, -0.2) is 0 Å². The van der Waals surface area contributed by atoms with Gasteiger partial charge >= 0.3 is 0 Å². The molecule has 0 heterocycles. The van der Waals surface area contributed by atoms with Crippen LogP contribution in [-0.2, 0) is 17.7 Å². The van der Waals surface area contributed by atoms with E-state index in [1.165, 1.54) is 5.56 Å². The van der Waals surface area contributed by atoms with Crippen LogP contribution >= 0.6 is 0 Å². The Labute approximate surface area is 102 Å². The van der Waals surface area contributed by atoms with Crippen LogP contribution in [0.4, 0.5) is 0 Å². The molecule has 0 amide bonds. The highest BCUT2D eigenvalue weighted by Gasteiger charge is 2.15. The number of methoxy groups -OCH3 is 1. The highest BCUT2D eigenvalue weighted by molar-refractivity contribution is 5.22. The van der Waals surface area contributed by atoms with E-state index in [9.17, 15) is 0 Å². The van der Waals surface area contributed by atoms with Crippen LogP contribution in [0.1, 0.15) is 31.4 Å². The summed E-state index contributed by atoms with van der Waals surface area (Å²) in [6.07, 6.45) is 1.97. The lowest BCUT2D eigenvalue weighted by Crippen LogP contribution is -2.22. The van der Waals surface area contributed by atoms with Crippen LogP contribution in [0.5, 0.6) is 0 Å². The molecule has 1 aromatic carbocycles. The first-order chi connectivity index (χ1) is 8.07. The topological polar surface area (TPSA) is 58.0 Å². The quantitative estimate of drug-likeness (QED) is 0.418. The van der Waals surface area contributed by atoms with Crippen molar-refractivity contribution in [3.05, 3.63) is 45.8 Å². The van der Waals surface area contributed by atoms with Gasteiger partial charge in [-0.1, -0.05) is 29.4 Å². The monoisotopic (exact) mass is 233 g/mol. The molecule has 0 bridgehead atoms. The van der Waals surface area contributed by atoms with Crippen LogP contribution in [0.25, 0.3) is 10.4 Å². The molecule has 0 aromatic heterocycles. The lowest BCUT2D eigenvalue weighted by molar-refractivity contribution is 0.0158. The molecule has 4 heteroatoms. The second kappa shape index (κ2) is 6.28. The van der Waals surface area contributed by atoms with Gasteiger partial charge in [-0.15, -0.1) is 0 Å². The van der Waals surface area contributed by atoms with E-state index in [0.29, 0.717) is 6.54 Å². The van der Waals surface area contributed by atoms with Gasteiger partial charge in [0.15, 0.2) is 0 Å². The minimum absolute atomic E-state index is 0.0796. The molecule has 0 unspecified atom stereocenters. The van der Waals surface area contributed by atoms with Crippen LogP contribution in [-0.4, -0.2) is 12.7 Å². The normalized spacial score (nSPS) is 11.0. The first kappa shape index (κ1) is 13.6. The number of hydrogen-bond donors (Lipinski definition) is 0. The Morgan fingerprint density at radius 2 is 1.82 bits per heavy atom. The zero-order valence-electron chi connectivity index (χ0n) is 10.7. The highest BCUT2D eigenvalue weighted by atomic mass is 16.5. The molecule has 17 heavy (non-hydrogen) atoms. The molecule has 0 saturated carbocycles. The van der Waals surface area contributed by atoms with Gasteiger partial charge in [0, 0.05) is 12.0 Å². The fraction of sp³-hybridized carbons (Fsp3) is 0.538. The first-order valence-electron chi connectivity index (χ1n) is 5.71. The number of aryl methyl sites for hydroxylation is 1. The number of nitrogens with zero attached hydrogens (tertiary/aromatic N) is 3. The summed E-state index contributed by atoms with van der Waals surface area (Å²) in [5.74, 6) is 0. The second-order valence-corrected chi connectivity index (χ2v) is 4.67. The average Bonchev–Trinajstić information content (AvgIpc) is 2.35. The average molecular weight is 233 g/mol. The maximum Gasteiger partial charge on any atom is 0.0625 e. The molecule has 0 atom stereocenters. The van der Waals surface area contributed by atoms with Gasteiger partial charge in [0.2, 0.25) is 0 Å². The van der Waals surface area contributed by atoms with Gasteiger partial charge in [0.05, 0.1) is 12.1 Å². The van der Waals surface area contributed by atoms with E-state index in [4.69, 9.17) is 10.3 Å². The maximum absolute atomic E-state index is 8.23. The van der Waals surface area contributed by atoms with Gasteiger partial charge < -0.3 is 4.74 Å². The molecule has 0 fully saturated rings. The SMILES string of the molecule is COC(C)(C)CCc1ccc(CN=[N+]=[N-])cc1. The maximum atomic E-state index is 8.23. The van der Waals surface area contributed by atoms with Crippen molar-refractivity contribution in [1.82, 2.24) is 0 Å². The number of hydrogen-bond acceptors (Lipinski definition) is 2. The molecule has 0 radical (unpaired) electrons. The Bertz CT molecular complexity index is 392. The third kappa shape index (κ3) is 4.89. The predicted molar refractivity (Wildman–Crippen MR) is 68.7 cm³/mol. The Morgan fingerprint density at radius 1 is 1.24 bits per heavy atom. The van der Waals surface area contributed by atoms with E-state index in [-0.39, 0.29) is 5.60 Å². The van der Waals surface area contributed by atoms with Gasteiger partial charge in [-0.05, 0) is 43.3 Å². The van der Waals surface area contributed by atoms with Crippen molar-refractivity contribution >= 4 is 0 Å². The Morgan fingerprint density at radius 3 is 2.35 bits per heavy atom. The van der Waals surface area contributed by atoms with Gasteiger partial charge in [0.25, 0.3) is 0 Å². The highest BCUT2D eigenvalue weighted by Crippen LogP contribution is 2.17. The summed E-state index contributed by atoms with van der Waals surface area (Å²) in [7, 11) is 1.74. The lowest BCUT2D eigenvalue weighted by atomic mass is 9.98. The number of ether oxygens (including phenoxy) is 1. The van der Waals surface area contributed by atoms with Crippen molar-refractivity contribution in [1.29, 1.82) is 0 Å². The molecule has 0 N–H and O–H groups in total. The zero-order valence-corrected chi connectivity index (χ0v) is 10.7. The Balaban J connectivity index is 2.53. The summed E-state index contributed by atoms with van der Waals surface area (Å²) >= 11 is 0. The smallest absolute Gasteiger partial charge is 0.0625 e. The molecule has 92 valence electrons. The van der Waals surface area contributed by atoms with Gasteiger partial charge in [-0.3, -0.25) is 0 Å². The van der Waals surface area contributed by atoms with Crippen molar-refractivity contribution in [3.8, 4) is 0 Å². The molecule has 1 rings (SSSR count). The van der Waals surface area contributed by atoms with E-state index in [1.54, 1.807) is 7.11 Å². The van der Waals surface area contributed by atoms with Crippen LogP contribution in [0, 0.1) is 0 Å². The third-order valence-electron chi connectivity index (χ3n) is 2.91. The molecule has 0 saturated heterocycles. The fourth-order valence-electron chi connectivity index (χ4n) is 1.47. The number of rotatable bonds is 6. The summed E-state index contributed by atoms with van der Waals surface area (Å²) in [6.45, 7) is 4.59. The van der Waals surface area contributed by atoms with Gasteiger partial charge in [0.1, 0.15) is 0 Å². The molecular weight excluding hydrogens is 214 g/mol. The van der Waals surface area contributed by atoms with Crippen LogP contribution < -0.4 is 0 Å². The molecule has 0 aliphatic carbocycles. The standard InChI is InChI=1S/C13H19N3O/c1-13(2,17-3)9-8-11-4-6-12(7-5-11)10-15-16-14/h4-7H,8-10H2,1-3H3. The molecular formula is C13H19N3O. The minimum atomic E-state index is -0.0796. The summed E-state index contributed by atoms with van der Waals surface area (Å²) in [5, 5.41) is 3.53. The van der Waals surface area contributed by atoms with Crippen molar-refractivity contribution < 1.29 is 4.74 Å². The van der Waals surface area contributed by atoms with E-state index >= 15 is 0 Å². The van der Waals surface area contributed by atoms with E-state index in [0.717, 1.165) is 18.4 Å². The van der Waals surface area contributed by atoms with E-state index in [1.807, 2.05) is 12.1 Å². The Kier molecular flexibility index (Phi) is 5.01. The number of benzene rings is 1. The van der Waals surface area contributed by atoms with E-state index < -0.39 is 0 Å². The predicted octanol–water partition coefficient (Wildman–Crippen LogP) is 3.85. The number of azide groups is 1. The zero-order chi connectivity index (χ0) is 12.7. The molecule has 0 aliphatic rings. The Hall–Kier alpha value is -1.51. The van der Waals surface area contributed by atoms with Crippen molar-refractivity contribution in [2.75, 3.05) is 7.11 Å². The van der Waals surface area contributed by atoms with E-state index in [2.05, 4.69) is 36.0 Å². The van der Waals surface area contributed by atoms with Crippen molar-refractivity contribution in [3.63, 3.8) is 0 Å². The van der Waals surface area contributed by atoms with Crippen LogP contribution in [0.3, 0.4) is 0 Å². The summed E-state index contributed by atoms with van der Waals surface area (Å²) in [4.78, 5) is 2.74. The third-order valence-corrected chi connectivity index (χ3v) is 2.91. The summed E-state index contributed by atoms with van der Waals surface area (Å²) in [5.41, 5.74) is 10.5. The van der Waals surface area contributed by atoms with Crippen molar-refractivity contribution in [2.24, 2.45) is 5.11 Å². The summed E-state index contributed by atoms with van der Waals surface area (Å²) < 4.78 is 5.38. The largest absolute Gasteiger partial charge is 0.379 e. The summed E-state index contributed by atoms with van der Waals surface area (Å²) in [6, 6.07) is 8.16. The molecule has 0 aliphatic heterocycles. The van der Waals surface area contributed by atoms with Crippen molar-refractivity contribution in [2.45, 2.75) is 38.8 Å². The fourth-order valence-corrected chi connectivity index (χ4v) is 1.47. The molecule has 0 spiro atoms. The minimum Gasteiger partial charge on any atom is -0.379 e. The lowest BCUT2D eigenvalue weighted by Gasteiger charge is -2.22. The van der Waals surface area contributed by atoms with Gasteiger partial charge in [-0.2, -0.15) is 0 Å². The first-order valence-corrected chi connectivity index (χ1v) is 5.71. The van der Waals surface area contributed by atoms with Crippen LogP contribution in [0.15, 0.2) is 29.4 Å². The molecule has 4 nitrogen and oxygen atoms in total.